The van der Waals surface area contributed by atoms with Crippen LogP contribution in [0.1, 0.15) is 29.0 Å². The lowest BCUT2D eigenvalue weighted by Crippen LogP contribution is -2.44. The summed E-state index contributed by atoms with van der Waals surface area (Å²) in [5, 5.41) is 0. The van der Waals surface area contributed by atoms with E-state index in [4.69, 9.17) is 4.99 Å². The highest BCUT2D eigenvalue weighted by Crippen LogP contribution is 2.58. The zero-order chi connectivity index (χ0) is 22.1. The molecular formula is C27H27F2N3. The highest BCUT2D eigenvalue weighted by atomic mass is 19.3. The van der Waals surface area contributed by atoms with Gasteiger partial charge in [-0.15, -0.1) is 0 Å². The van der Waals surface area contributed by atoms with Gasteiger partial charge < -0.3 is 9.80 Å². The third-order valence-electron chi connectivity index (χ3n) is 6.41. The molecule has 3 nitrogen and oxygen atoms in total. The number of halogens is 2. The first-order valence-electron chi connectivity index (χ1n) is 11.2. The van der Waals surface area contributed by atoms with E-state index < -0.39 is 11.8 Å². The van der Waals surface area contributed by atoms with Gasteiger partial charge in [-0.25, -0.2) is 13.8 Å². The standard InChI is InChI=1S/C27H27F2N3/c1-31-14-16-32(17-15-31)22-12-13-23(24-19-27(24,28)29)25(18-22)30-26(20-8-4-2-5-9-20)21-10-6-3-7-11-21/h2-13,18,24H,14-17,19H2,1H3. The summed E-state index contributed by atoms with van der Waals surface area (Å²) in [5.74, 6) is -3.39. The Labute approximate surface area is 188 Å². The highest BCUT2D eigenvalue weighted by Gasteiger charge is 2.58. The molecule has 2 aliphatic rings. The fraction of sp³-hybridized carbons (Fsp3) is 0.296. The van der Waals surface area contributed by atoms with E-state index in [9.17, 15) is 8.78 Å². The Morgan fingerprint density at radius 3 is 1.94 bits per heavy atom. The maximum absolute atomic E-state index is 14.1. The summed E-state index contributed by atoms with van der Waals surface area (Å²) >= 11 is 0. The van der Waals surface area contributed by atoms with Crippen LogP contribution in [0.25, 0.3) is 0 Å². The van der Waals surface area contributed by atoms with Gasteiger partial charge in [0.15, 0.2) is 0 Å². The topological polar surface area (TPSA) is 18.8 Å². The minimum atomic E-state index is -2.64. The second kappa shape index (κ2) is 8.47. The van der Waals surface area contributed by atoms with Crippen molar-refractivity contribution < 1.29 is 8.78 Å². The predicted octanol–water partition coefficient (Wildman–Crippen LogP) is 5.73. The fourth-order valence-electron chi connectivity index (χ4n) is 4.34. The fourth-order valence-corrected chi connectivity index (χ4v) is 4.34. The van der Waals surface area contributed by atoms with E-state index in [0.29, 0.717) is 11.3 Å². The number of anilines is 1. The molecule has 164 valence electrons. The lowest BCUT2D eigenvalue weighted by Gasteiger charge is -2.34. The lowest BCUT2D eigenvalue weighted by atomic mass is 10.0. The number of benzene rings is 3. The zero-order valence-electron chi connectivity index (χ0n) is 18.2. The van der Waals surface area contributed by atoms with Crippen molar-refractivity contribution in [3.05, 3.63) is 95.6 Å². The molecule has 3 aromatic rings. The van der Waals surface area contributed by atoms with Crippen LogP contribution in [0.5, 0.6) is 0 Å². The maximum Gasteiger partial charge on any atom is 0.256 e. The molecule has 5 heteroatoms. The van der Waals surface area contributed by atoms with Crippen LogP contribution in [0, 0.1) is 0 Å². The Morgan fingerprint density at radius 2 is 1.41 bits per heavy atom. The Kier molecular flexibility index (Phi) is 5.51. The predicted molar refractivity (Wildman–Crippen MR) is 127 cm³/mol. The molecule has 1 unspecified atom stereocenters. The van der Waals surface area contributed by atoms with E-state index in [2.05, 4.69) is 16.8 Å². The van der Waals surface area contributed by atoms with Crippen molar-refractivity contribution in [1.29, 1.82) is 0 Å². The van der Waals surface area contributed by atoms with Crippen LogP contribution in [-0.2, 0) is 0 Å². The Hall–Kier alpha value is -3.05. The average Bonchev–Trinajstić information content (AvgIpc) is 3.46. The molecule has 0 bridgehead atoms. The molecule has 32 heavy (non-hydrogen) atoms. The summed E-state index contributed by atoms with van der Waals surface area (Å²) in [6.45, 7) is 3.81. The van der Waals surface area contributed by atoms with Crippen LogP contribution in [0.15, 0.2) is 83.9 Å². The number of rotatable bonds is 5. The van der Waals surface area contributed by atoms with Gasteiger partial charge in [0.05, 0.1) is 17.3 Å². The van der Waals surface area contributed by atoms with E-state index in [-0.39, 0.29) is 6.42 Å². The Balaban J connectivity index is 1.61. The van der Waals surface area contributed by atoms with Crippen molar-refractivity contribution in [2.24, 2.45) is 4.99 Å². The number of hydrogen-bond acceptors (Lipinski definition) is 3. The second-order valence-corrected chi connectivity index (χ2v) is 8.74. The van der Waals surface area contributed by atoms with Crippen molar-refractivity contribution in [1.82, 2.24) is 4.90 Å². The third kappa shape index (κ3) is 4.30. The highest BCUT2D eigenvalue weighted by molar-refractivity contribution is 6.14. The average molecular weight is 432 g/mol. The maximum atomic E-state index is 14.1. The van der Waals surface area contributed by atoms with E-state index >= 15 is 0 Å². The first kappa shape index (κ1) is 20.8. The van der Waals surface area contributed by atoms with Gasteiger partial charge in [-0.1, -0.05) is 66.7 Å². The lowest BCUT2D eigenvalue weighted by molar-refractivity contribution is 0.112. The molecule has 1 aliphatic heterocycles. The van der Waals surface area contributed by atoms with Gasteiger partial charge in [0.1, 0.15) is 0 Å². The molecule has 2 fully saturated rings. The van der Waals surface area contributed by atoms with Crippen molar-refractivity contribution in [2.45, 2.75) is 18.3 Å². The van der Waals surface area contributed by atoms with Crippen LogP contribution >= 0.6 is 0 Å². The SMILES string of the molecule is CN1CCN(c2ccc(C3CC3(F)F)c(N=C(c3ccccc3)c3ccccc3)c2)CC1. The van der Waals surface area contributed by atoms with E-state index in [1.54, 1.807) is 0 Å². The van der Waals surface area contributed by atoms with Gasteiger partial charge >= 0.3 is 0 Å². The normalized spacial score (nSPS) is 20.1. The van der Waals surface area contributed by atoms with E-state index in [1.165, 1.54) is 0 Å². The summed E-state index contributed by atoms with van der Waals surface area (Å²) < 4.78 is 28.2. The molecule has 1 heterocycles. The molecule has 5 rings (SSSR count). The first-order valence-corrected chi connectivity index (χ1v) is 11.2. The van der Waals surface area contributed by atoms with Crippen molar-refractivity contribution in [3.8, 4) is 0 Å². The van der Waals surface area contributed by atoms with Crippen LogP contribution < -0.4 is 4.90 Å². The summed E-state index contributed by atoms with van der Waals surface area (Å²) in [7, 11) is 2.12. The molecule has 1 aliphatic carbocycles. The van der Waals surface area contributed by atoms with Crippen LogP contribution in [-0.4, -0.2) is 49.8 Å². The van der Waals surface area contributed by atoms with Gasteiger partial charge in [-0.05, 0) is 24.7 Å². The van der Waals surface area contributed by atoms with Crippen LogP contribution in [0.2, 0.25) is 0 Å². The van der Waals surface area contributed by atoms with Gasteiger partial charge in [-0.2, -0.15) is 0 Å². The summed E-state index contributed by atoms with van der Waals surface area (Å²) in [4.78, 5) is 9.66. The minimum absolute atomic E-state index is 0.102. The van der Waals surface area contributed by atoms with E-state index in [0.717, 1.165) is 48.7 Å². The second-order valence-electron chi connectivity index (χ2n) is 8.74. The van der Waals surface area contributed by atoms with Crippen molar-refractivity contribution >= 4 is 17.1 Å². The van der Waals surface area contributed by atoms with E-state index in [1.807, 2.05) is 78.9 Å². The number of alkyl halides is 2. The number of aliphatic imine (C=N–C) groups is 1. The summed E-state index contributed by atoms with van der Waals surface area (Å²) in [6.07, 6.45) is -0.102. The Morgan fingerprint density at radius 1 is 0.844 bits per heavy atom. The molecule has 1 saturated heterocycles. The molecule has 0 amide bonds. The zero-order valence-corrected chi connectivity index (χ0v) is 18.2. The molecule has 0 spiro atoms. The molecule has 0 N–H and O–H groups in total. The summed E-state index contributed by atoms with van der Waals surface area (Å²) in [6, 6.07) is 25.8. The van der Waals surface area contributed by atoms with Gasteiger partial charge in [0.2, 0.25) is 0 Å². The van der Waals surface area contributed by atoms with Crippen LogP contribution in [0.3, 0.4) is 0 Å². The van der Waals surface area contributed by atoms with Crippen LogP contribution in [0.4, 0.5) is 20.2 Å². The van der Waals surface area contributed by atoms with Gasteiger partial charge in [0, 0.05) is 49.4 Å². The summed E-state index contributed by atoms with van der Waals surface area (Å²) in [5.41, 5.74) is 5.06. The smallest absolute Gasteiger partial charge is 0.256 e. The minimum Gasteiger partial charge on any atom is -0.369 e. The Bertz CT molecular complexity index is 1060. The molecule has 3 aromatic carbocycles. The number of likely N-dealkylation sites (N-methyl/N-ethyl adjacent to an activating group) is 1. The third-order valence-corrected chi connectivity index (χ3v) is 6.41. The van der Waals surface area contributed by atoms with Gasteiger partial charge in [-0.3, -0.25) is 0 Å². The van der Waals surface area contributed by atoms with Crippen molar-refractivity contribution in [2.75, 3.05) is 38.1 Å². The molecule has 1 saturated carbocycles. The largest absolute Gasteiger partial charge is 0.369 e. The number of hydrogen-bond donors (Lipinski definition) is 0. The number of nitrogens with zero attached hydrogens (tertiary/aromatic N) is 3. The van der Waals surface area contributed by atoms with Gasteiger partial charge in [0.25, 0.3) is 5.92 Å². The first-order chi connectivity index (χ1) is 15.5. The monoisotopic (exact) mass is 431 g/mol. The number of piperazine rings is 1. The molecule has 1 atom stereocenters. The molecule has 0 radical (unpaired) electrons. The molecular weight excluding hydrogens is 404 g/mol. The van der Waals surface area contributed by atoms with Crippen molar-refractivity contribution in [3.63, 3.8) is 0 Å². The quantitative estimate of drug-likeness (QED) is 0.481. The molecule has 0 aromatic heterocycles.